The molecule has 0 aliphatic carbocycles. The highest BCUT2D eigenvalue weighted by molar-refractivity contribution is 7.89. The molecule has 0 unspecified atom stereocenters. The Morgan fingerprint density at radius 3 is 2.52 bits per heavy atom. The number of benzene rings is 1. The van der Waals surface area contributed by atoms with Gasteiger partial charge in [-0.15, -0.1) is 11.3 Å². The molecule has 1 aliphatic rings. The number of rotatable bonds is 7. The van der Waals surface area contributed by atoms with Gasteiger partial charge in [-0.2, -0.15) is 4.31 Å². The third-order valence-corrected chi connectivity index (χ3v) is 8.23. The minimum Gasteiger partial charge on any atom is -0.351 e. The van der Waals surface area contributed by atoms with E-state index in [0.29, 0.717) is 35.3 Å². The van der Waals surface area contributed by atoms with E-state index in [1.165, 1.54) is 11.3 Å². The van der Waals surface area contributed by atoms with Crippen LogP contribution in [-0.4, -0.2) is 43.2 Å². The summed E-state index contributed by atoms with van der Waals surface area (Å²) in [6.45, 7) is 7.69. The summed E-state index contributed by atoms with van der Waals surface area (Å²) in [7, 11) is -3.43. The molecule has 1 amide bonds. The van der Waals surface area contributed by atoms with Crippen molar-refractivity contribution in [3.63, 3.8) is 0 Å². The Labute approximate surface area is 177 Å². The van der Waals surface area contributed by atoms with Crippen molar-refractivity contribution in [1.82, 2.24) is 14.6 Å². The zero-order valence-electron chi connectivity index (χ0n) is 17.2. The number of sulfonamides is 1. The van der Waals surface area contributed by atoms with Crippen molar-refractivity contribution < 1.29 is 13.2 Å². The van der Waals surface area contributed by atoms with Crippen molar-refractivity contribution in [3.8, 4) is 0 Å². The summed E-state index contributed by atoms with van der Waals surface area (Å²) in [5.41, 5.74) is 0.784. The van der Waals surface area contributed by atoms with E-state index in [4.69, 9.17) is 0 Å². The molecule has 6 nitrogen and oxygen atoms in total. The van der Waals surface area contributed by atoms with E-state index in [2.05, 4.69) is 24.1 Å². The molecular formula is C21H29N3O3S2. The third kappa shape index (κ3) is 5.43. The van der Waals surface area contributed by atoms with E-state index in [1.807, 2.05) is 13.0 Å². The number of nitrogens with one attached hydrogen (secondary N) is 1. The number of aryl methyl sites for hydroxylation is 1. The highest BCUT2D eigenvalue weighted by Crippen LogP contribution is 2.24. The maximum Gasteiger partial charge on any atom is 0.263 e. The zero-order chi connectivity index (χ0) is 21.0. The molecule has 0 bridgehead atoms. The predicted octanol–water partition coefficient (Wildman–Crippen LogP) is 3.48. The Bertz CT molecular complexity index is 931. The number of carbonyl (C=O) groups excluding carboxylic acids is 1. The molecule has 29 heavy (non-hydrogen) atoms. The van der Waals surface area contributed by atoms with Crippen LogP contribution in [0.15, 0.2) is 35.2 Å². The van der Waals surface area contributed by atoms with E-state index in [0.717, 1.165) is 30.0 Å². The maximum absolute atomic E-state index is 12.7. The van der Waals surface area contributed by atoms with Gasteiger partial charge in [-0.3, -0.25) is 4.79 Å². The summed E-state index contributed by atoms with van der Waals surface area (Å²) in [4.78, 5) is 18.1. The molecule has 1 fully saturated rings. The van der Waals surface area contributed by atoms with Gasteiger partial charge in [-0.25, -0.2) is 13.4 Å². The largest absolute Gasteiger partial charge is 0.351 e. The van der Waals surface area contributed by atoms with E-state index in [9.17, 15) is 13.2 Å². The van der Waals surface area contributed by atoms with Crippen molar-refractivity contribution in [3.05, 3.63) is 45.9 Å². The number of thiazole rings is 1. The number of piperidine rings is 1. The minimum absolute atomic E-state index is 0.0747. The first kappa shape index (κ1) is 21.9. The van der Waals surface area contributed by atoms with Gasteiger partial charge in [0, 0.05) is 26.1 Å². The normalized spacial score (nSPS) is 16.3. The Hall–Kier alpha value is -1.77. The van der Waals surface area contributed by atoms with Crippen molar-refractivity contribution in [1.29, 1.82) is 0 Å². The first-order chi connectivity index (χ1) is 13.8. The average Bonchev–Trinajstić information content (AvgIpc) is 3.06. The van der Waals surface area contributed by atoms with E-state index >= 15 is 0 Å². The Morgan fingerprint density at radius 1 is 1.24 bits per heavy atom. The van der Waals surface area contributed by atoms with Crippen LogP contribution in [0.2, 0.25) is 0 Å². The van der Waals surface area contributed by atoms with Crippen LogP contribution in [0.3, 0.4) is 0 Å². The average molecular weight is 436 g/mol. The monoisotopic (exact) mass is 435 g/mol. The second-order valence-electron chi connectivity index (χ2n) is 7.99. The quantitative estimate of drug-likeness (QED) is 0.722. The summed E-state index contributed by atoms with van der Waals surface area (Å²) in [6, 6.07) is 8.55. The second-order valence-corrected chi connectivity index (χ2v) is 11.0. The van der Waals surface area contributed by atoms with Gasteiger partial charge in [0.05, 0.1) is 15.6 Å². The van der Waals surface area contributed by atoms with Crippen LogP contribution in [-0.2, 0) is 16.4 Å². The molecule has 2 heterocycles. The number of hydrogen-bond donors (Lipinski definition) is 1. The van der Waals surface area contributed by atoms with Crippen molar-refractivity contribution in [2.45, 2.75) is 44.9 Å². The molecule has 1 aromatic carbocycles. The molecule has 1 N–H and O–H groups in total. The van der Waals surface area contributed by atoms with Gasteiger partial charge in [0.2, 0.25) is 10.0 Å². The lowest BCUT2D eigenvalue weighted by Gasteiger charge is -2.31. The second kappa shape index (κ2) is 9.36. The first-order valence-electron chi connectivity index (χ1n) is 10.1. The van der Waals surface area contributed by atoms with Crippen LogP contribution >= 0.6 is 11.3 Å². The lowest BCUT2D eigenvalue weighted by atomic mass is 9.98. The van der Waals surface area contributed by atoms with Crippen LogP contribution in [0, 0.1) is 18.8 Å². The fourth-order valence-corrected chi connectivity index (χ4v) is 6.20. The molecule has 8 heteroatoms. The molecule has 0 spiro atoms. The first-order valence-corrected chi connectivity index (χ1v) is 12.3. The number of amides is 1. The van der Waals surface area contributed by atoms with E-state index in [-0.39, 0.29) is 11.8 Å². The summed E-state index contributed by atoms with van der Waals surface area (Å²) >= 11 is 1.47. The molecule has 1 saturated heterocycles. The fraction of sp³-hybridized carbons (Fsp3) is 0.524. The Kier molecular flexibility index (Phi) is 7.08. The van der Waals surface area contributed by atoms with Gasteiger partial charge in [0.25, 0.3) is 5.91 Å². The smallest absolute Gasteiger partial charge is 0.263 e. The number of hydrogen-bond acceptors (Lipinski definition) is 5. The molecule has 3 rings (SSSR count). The molecular weight excluding hydrogens is 406 g/mol. The zero-order valence-corrected chi connectivity index (χ0v) is 18.9. The van der Waals surface area contributed by atoms with E-state index in [1.54, 1.807) is 28.6 Å². The lowest BCUT2D eigenvalue weighted by Crippen LogP contribution is -2.41. The highest BCUT2D eigenvalue weighted by atomic mass is 32.2. The van der Waals surface area contributed by atoms with Gasteiger partial charge in [0.15, 0.2) is 0 Å². The molecule has 0 radical (unpaired) electrons. The Balaban J connectivity index is 1.51. The van der Waals surface area contributed by atoms with Crippen LogP contribution in [0.5, 0.6) is 0 Å². The predicted molar refractivity (Wildman–Crippen MR) is 116 cm³/mol. The van der Waals surface area contributed by atoms with Crippen molar-refractivity contribution in [2.24, 2.45) is 11.8 Å². The molecule has 0 saturated carbocycles. The van der Waals surface area contributed by atoms with Crippen molar-refractivity contribution in [2.75, 3.05) is 19.6 Å². The van der Waals surface area contributed by atoms with Crippen LogP contribution in [0.1, 0.15) is 47.1 Å². The highest BCUT2D eigenvalue weighted by Gasteiger charge is 2.29. The molecule has 1 aromatic heterocycles. The standard InChI is InChI=1S/C21H29N3O3S2/c1-15(2)13-19-23-16(3)20(28-19)21(25)22-14-17-9-11-24(12-10-17)29(26,27)18-7-5-4-6-8-18/h4-8,15,17H,9-14H2,1-3H3,(H,22,25). The SMILES string of the molecule is Cc1nc(CC(C)C)sc1C(=O)NCC1CCN(S(=O)(=O)c2ccccc2)CC1. The summed E-state index contributed by atoms with van der Waals surface area (Å²) in [6.07, 6.45) is 2.37. The molecule has 2 aromatic rings. The van der Waals surface area contributed by atoms with Gasteiger partial charge in [-0.05, 0) is 43.7 Å². The third-order valence-electron chi connectivity index (χ3n) is 5.14. The number of aromatic nitrogens is 1. The maximum atomic E-state index is 12.7. The van der Waals surface area contributed by atoms with Gasteiger partial charge >= 0.3 is 0 Å². The van der Waals surface area contributed by atoms with Gasteiger partial charge in [0.1, 0.15) is 4.88 Å². The lowest BCUT2D eigenvalue weighted by molar-refractivity contribution is 0.0944. The number of carbonyl (C=O) groups is 1. The Morgan fingerprint density at radius 2 is 1.90 bits per heavy atom. The van der Waals surface area contributed by atoms with Gasteiger partial charge in [-0.1, -0.05) is 32.0 Å². The molecule has 1 aliphatic heterocycles. The van der Waals surface area contributed by atoms with Crippen LogP contribution < -0.4 is 5.32 Å². The molecule has 158 valence electrons. The van der Waals surface area contributed by atoms with E-state index < -0.39 is 10.0 Å². The topological polar surface area (TPSA) is 79.4 Å². The minimum atomic E-state index is -3.43. The van der Waals surface area contributed by atoms with Crippen LogP contribution in [0.25, 0.3) is 0 Å². The summed E-state index contributed by atoms with van der Waals surface area (Å²) in [5.74, 6) is 0.715. The summed E-state index contributed by atoms with van der Waals surface area (Å²) in [5, 5.41) is 4.03. The summed E-state index contributed by atoms with van der Waals surface area (Å²) < 4.78 is 27.0. The molecule has 0 atom stereocenters. The number of nitrogens with zero attached hydrogens (tertiary/aromatic N) is 2. The fourth-order valence-electron chi connectivity index (χ4n) is 3.51. The van der Waals surface area contributed by atoms with Crippen LogP contribution in [0.4, 0.5) is 0 Å². The van der Waals surface area contributed by atoms with Gasteiger partial charge < -0.3 is 5.32 Å². The van der Waals surface area contributed by atoms with Crippen molar-refractivity contribution >= 4 is 27.3 Å².